The summed E-state index contributed by atoms with van der Waals surface area (Å²) in [5.74, 6) is 0. The lowest BCUT2D eigenvalue weighted by molar-refractivity contribution is -0.479. The lowest BCUT2D eigenvalue weighted by Gasteiger charge is -2.36. The van der Waals surface area contributed by atoms with Crippen LogP contribution >= 0.6 is 7.44 Å². The van der Waals surface area contributed by atoms with E-state index in [2.05, 4.69) is 0 Å². The van der Waals surface area contributed by atoms with Crippen LogP contribution in [0.5, 0.6) is 0 Å². The summed E-state index contributed by atoms with van der Waals surface area (Å²) < 4.78 is 18.3. The molecule has 1 aliphatic rings. The van der Waals surface area contributed by atoms with Crippen molar-refractivity contribution in [2.24, 2.45) is 0 Å². The highest BCUT2D eigenvalue weighted by Crippen LogP contribution is 2.64. The van der Waals surface area contributed by atoms with E-state index in [1.807, 2.05) is 76.9 Å². The van der Waals surface area contributed by atoms with Gasteiger partial charge in [0.05, 0.1) is 0 Å². The van der Waals surface area contributed by atoms with Gasteiger partial charge in [-0.25, -0.2) is 0 Å². The van der Waals surface area contributed by atoms with Gasteiger partial charge in [-0.05, 0) is 30.7 Å². The molecule has 2 aromatic rings. The zero-order valence-corrected chi connectivity index (χ0v) is 15.8. The molecule has 0 aromatic heterocycles. The van der Waals surface area contributed by atoms with Crippen LogP contribution in [-0.4, -0.2) is 30.2 Å². The number of benzene rings is 2. The monoisotopic (exact) mass is 373 g/mol. The Morgan fingerprint density at radius 2 is 1.46 bits per heavy atom. The van der Waals surface area contributed by atoms with Crippen LogP contribution < -0.4 is 9.34 Å². The first-order valence-electron chi connectivity index (χ1n) is 8.95. The molecule has 0 saturated carbocycles. The largest absolute Gasteiger partial charge is 0.305 e. The van der Waals surface area contributed by atoms with E-state index in [1.165, 1.54) is 0 Å². The number of hydrogen-bond donors (Lipinski definition) is 0. The third-order valence-electron chi connectivity index (χ3n) is 4.78. The standard InChI is InChI=1S/C19H24N3O3P/c1-2-9-19(16-22(23)24)26(25)20(17-10-5-3-6-11-17)14-15-21(26)18-12-7-4-8-13-18/h3-8,10-13,19H,2,9,14-16H2,1H3. The van der Waals surface area contributed by atoms with E-state index >= 15 is 0 Å². The Morgan fingerprint density at radius 3 is 1.85 bits per heavy atom. The first-order valence-corrected chi connectivity index (χ1v) is 10.6. The van der Waals surface area contributed by atoms with Crippen LogP contribution in [0.25, 0.3) is 0 Å². The molecule has 1 heterocycles. The maximum Gasteiger partial charge on any atom is 0.272 e. The molecular weight excluding hydrogens is 349 g/mol. The van der Waals surface area contributed by atoms with E-state index in [0.29, 0.717) is 19.5 Å². The van der Waals surface area contributed by atoms with Gasteiger partial charge in [-0.15, -0.1) is 0 Å². The molecule has 0 radical (unpaired) electrons. The maximum absolute atomic E-state index is 14.4. The van der Waals surface area contributed by atoms with E-state index in [9.17, 15) is 14.7 Å². The van der Waals surface area contributed by atoms with E-state index in [4.69, 9.17) is 0 Å². The fourth-order valence-corrected chi connectivity index (χ4v) is 7.33. The molecule has 1 atom stereocenters. The fourth-order valence-electron chi connectivity index (χ4n) is 3.66. The maximum atomic E-state index is 14.4. The molecule has 138 valence electrons. The van der Waals surface area contributed by atoms with Crippen LogP contribution in [0.3, 0.4) is 0 Å². The smallest absolute Gasteiger partial charge is 0.272 e. The fraction of sp³-hybridized carbons (Fsp3) is 0.368. The minimum atomic E-state index is -3.19. The summed E-state index contributed by atoms with van der Waals surface area (Å²) in [4.78, 5) is 11.0. The number of hydrogen-bond acceptors (Lipinski definition) is 3. The molecule has 0 bridgehead atoms. The molecule has 0 amide bonds. The van der Waals surface area contributed by atoms with Crippen molar-refractivity contribution in [3.63, 3.8) is 0 Å². The molecule has 0 aliphatic carbocycles. The summed E-state index contributed by atoms with van der Waals surface area (Å²) in [6.07, 6.45) is 1.32. The minimum Gasteiger partial charge on any atom is -0.305 e. The molecule has 26 heavy (non-hydrogen) atoms. The molecule has 7 heteroatoms. The molecule has 1 aliphatic heterocycles. The second-order valence-corrected chi connectivity index (χ2v) is 9.34. The normalized spacial score (nSPS) is 17.3. The van der Waals surface area contributed by atoms with Gasteiger partial charge in [0.2, 0.25) is 6.54 Å². The number of para-hydroxylation sites is 2. The highest BCUT2D eigenvalue weighted by atomic mass is 31.2. The van der Waals surface area contributed by atoms with Gasteiger partial charge < -0.3 is 9.34 Å². The quantitative estimate of drug-likeness (QED) is 0.401. The zero-order valence-electron chi connectivity index (χ0n) is 14.9. The van der Waals surface area contributed by atoms with Crippen LogP contribution in [0.4, 0.5) is 11.4 Å². The van der Waals surface area contributed by atoms with Gasteiger partial charge in [0.25, 0.3) is 7.44 Å². The average molecular weight is 373 g/mol. The number of rotatable bonds is 7. The Balaban J connectivity index is 2.08. The first-order chi connectivity index (χ1) is 12.6. The van der Waals surface area contributed by atoms with Crippen LogP contribution in [0.1, 0.15) is 19.8 Å². The molecule has 0 spiro atoms. The SMILES string of the molecule is CCCC(C[N+](=O)[O-])P1(=O)N(c2ccccc2)CCN1c1ccccc1. The number of nitrogens with zero attached hydrogens (tertiary/aromatic N) is 3. The van der Waals surface area contributed by atoms with Crippen molar-refractivity contribution in [1.82, 2.24) is 0 Å². The molecule has 0 N–H and O–H groups in total. The van der Waals surface area contributed by atoms with E-state index in [1.54, 1.807) is 0 Å². The van der Waals surface area contributed by atoms with Crippen molar-refractivity contribution in [1.29, 1.82) is 0 Å². The van der Waals surface area contributed by atoms with E-state index in [-0.39, 0.29) is 11.5 Å². The predicted molar refractivity (Wildman–Crippen MR) is 106 cm³/mol. The van der Waals surface area contributed by atoms with Gasteiger partial charge in [-0.3, -0.25) is 14.7 Å². The lowest BCUT2D eigenvalue weighted by atomic mass is 10.2. The first kappa shape index (κ1) is 18.5. The topological polar surface area (TPSA) is 66.7 Å². The lowest BCUT2D eigenvalue weighted by Crippen LogP contribution is -2.32. The number of anilines is 2. The second-order valence-electron chi connectivity index (χ2n) is 6.46. The van der Waals surface area contributed by atoms with Crippen molar-refractivity contribution < 1.29 is 9.49 Å². The van der Waals surface area contributed by atoms with Gasteiger partial charge in [-0.2, -0.15) is 0 Å². The van der Waals surface area contributed by atoms with Crippen molar-refractivity contribution in [3.05, 3.63) is 70.8 Å². The summed E-state index contributed by atoms with van der Waals surface area (Å²) in [7, 11) is -3.19. The average Bonchev–Trinajstić information content (AvgIpc) is 3.01. The summed E-state index contributed by atoms with van der Waals surface area (Å²) in [5, 5.41) is 11.3. The Kier molecular flexibility index (Phi) is 5.62. The zero-order chi connectivity index (χ0) is 18.6. The minimum absolute atomic E-state index is 0.280. The van der Waals surface area contributed by atoms with Crippen molar-refractivity contribution in [3.8, 4) is 0 Å². The van der Waals surface area contributed by atoms with Gasteiger partial charge in [0.15, 0.2) is 0 Å². The highest BCUT2D eigenvalue weighted by molar-refractivity contribution is 7.68. The summed E-state index contributed by atoms with van der Waals surface area (Å²) in [6.45, 7) is 2.88. The van der Waals surface area contributed by atoms with Crippen molar-refractivity contribution >= 4 is 18.8 Å². The number of nitro groups is 1. The summed E-state index contributed by atoms with van der Waals surface area (Å²) in [6, 6.07) is 19.2. The molecule has 1 saturated heterocycles. The van der Waals surface area contributed by atoms with Crippen LogP contribution in [0, 0.1) is 10.1 Å². The Labute approximate surface area is 154 Å². The highest BCUT2D eigenvalue weighted by Gasteiger charge is 2.50. The molecular formula is C19H24N3O3P. The molecule has 2 aromatic carbocycles. The third-order valence-corrected chi connectivity index (χ3v) is 8.40. The summed E-state index contributed by atoms with van der Waals surface area (Å²) >= 11 is 0. The second kappa shape index (κ2) is 7.92. The molecule has 6 nitrogen and oxygen atoms in total. The summed E-state index contributed by atoms with van der Waals surface area (Å²) in [5.41, 5.74) is 1.21. The van der Waals surface area contributed by atoms with Crippen LogP contribution in [0.15, 0.2) is 60.7 Å². The Bertz CT molecular complexity index is 734. The van der Waals surface area contributed by atoms with Crippen molar-refractivity contribution in [2.75, 3.05) is 29.0 Å². The molecule has 3 rings (SSSR count). The predicted octanol–water partition coefficient (Wildman–Crippen LogP) is 4.65. The van der Waals surface area contributed by atoms with Crippen molar-refractivity contribution in [2.45, 2.75) is 25.4 Å². The van der Waals surface area contributed by atoms with Crippen LogP contribution in [0.2, 0.25) is 0 Å². The Hall–Kier alpha value is -2.33. The van der Waals surface area contributed by atoms with Gasteiger partial charge in [0.1, 0.15) is 5.66 Å². The third kappa shape index (κ3) is 3.47. The van der Waals surface area contributed by atoms with Gasteiger partial charge >= 0.3 is 0 Å². The molecule has 1 unspecified atom stereocenters. The van der Waals surface area contributed by atoms with Crippen LogP contribution in [-0.2, 0) is 4.57 Å². The Morgan fingerprint density at radius 1 is 1.00 bits per heavy atom. The van der Waals surface area contributed by atoms with Gasteiger partial charge in [0, 0.05) is 29.4 Å². The van der Waals surface area contributed by atoms with E-state index < -0.39 is 13.1 Å². The molecule has 1 fully saturated rings. The van der Waals surface area contributed by atoms with Gasteiger partial charge in [-0.1, -0.05) is 49.7 Å². The van der Waals surface area contributed by atoms with E-state index in [0.717, 1.165) is 17.8 Å².